The van der Waals surface area contributed by atoms with E-state index >= 15 is 0 Å². The maximum atomic E-state index is 13.6. The van der Waals surface area contributed by atoms with Gasteiger partial charge in [0, 0.05) is 12.6 Å². The smallest absolute Gasteiger partial charge is 0.246 e. The van der Waals surface area contributed by atoms with Crippen molar-refractivity contribution in [2.75, 3.05) is 19.6 Å². The highest BCUT2D eigenvalue weighted by molar-refractivity contribution is 7.89. The van der Waals surface area contributed by atoms with Crippen molar-refractivity contribution in [3.63, 3.8) is 0 Å². The summed E-state index contributed by atoms with van der Waals surface area (Å²) in [6.07, 6.45) is 1.33. The van der Waals surface area contributed by atoms with E-state index in [4.69, 9.17) is 0 Å². The van der Waals surface area contributed by atoms with Crippen LogP contribution in [0.4, 0.5) is 17.6 Å². The Morgan fingerprint density at radius 1 is 1.13 bits per heavy atom. The second-order valence-electron chi connectivity index (χ2n) is 5.68. The van der Waals surface area contributed by atoms with Gasteiger partial charge >= 0.3 is 0 Å². The van der Waals surface area contributed by atoms with Crippen LogP contribution in [-0.4, -0.2) is 28.1 Å². The van der Waals surface area contributed by atoms with E-state index in [0.29, 0.717) is 25.9 Å². The Bertz CT molecular complexity index is 653. The number of benzene rings is 1. The minimum absolute atomic E-state index is 0. The van der Waals surface area contributed by atoms with Crippen LogP contribution in [0, 0.1) is 28.7 Å². The van der Waals surface area contributed by atoms with Crippen molar-refractivity contribution < 1.29 is 26.0 Å². The highest BCUT2D eigenvalue weighted by Gasteiger charge is 2.33. The lowest BCUT2D eigenvalue weighted by Gasteiger charge is -2.34. The number of rotatable bonds is 4. The molecular formula is C13H17ClF4N2O2S. The summed E-state index contributed by atoms with van der Waals surface area (Å²) in [6, 6.07) is -0.0300. The molecule has 0 saturated carbocycles. The quantitative estimate of drug-likeness (QED) is 0.626. The monoisotopic (exact) mass is 376 g/mol. The van der Waals surface area contributed by atoms with Gasteiger partial charge < -0.3 is 5.32 Å². The van der Waals surface area contributed by atoms with Crippen LogP contribution in [0.3, 0.4) is 0 Å². The van der Waals surface area contributed by atoms with Crippen molar-refractivity contribution in [2.45, 2.75) is 24.7 Å². The summed E-state index contributed by atoms with van der Waals surface area (Å²) >= 11 is 0. The first-order valence-electron chi connectivity index (χ1n) is 6.70. The molecule has 1 aliphatic heterocycles. The Labute approximate surface area is 138 Å². The minimum Gasteiger partial charge on any atom is -0.317 e. The summed E-state index contributed by atoms with van der Waals surface area (Å²) in [6.45, 7) is 3.13. The lowest BCUT2D eigenvalue weighted by Crippen LogP contribution is -2.43. The Morgan fingerprint density at radius 2 is 1.61 bits per heavy atom. The van der Waals surface area contributed by atoms with Crippen LogP contribution in [0.1, 0.15) is 19.8 Å². The molecule has 0 aliphatic carbocycles. The van der Waals surface area contributed by atoms with Gasteiger partial charge in [0.2, 0.25) is 10.0 Å². The minimum atomic E-state index is -4.70. The second kappa shape index (κ2) is 7.33. The summed E-state index contributed by atoms with van der Waals surface area (Å²) in [5.41, 5.74) is -0.392. The van der Waals surface area contributed by atoms with Crippen LogP contribution < -0.4 is 10.0 Å². The molecule has 1 aliphatic rings. The maximum absolute atomic E-state index is 13.6. The topological polar surface area (TPSA) is 58.2 Å². The summed E-state index contributed by atoms with van der Waals surface area (Å²) in [5, 5.41) is 3.11. The normalized spacial score (nSPS) is 17.6. The summed E-state index contributed by atoms with van der Waals surface area (Å²) in [7, 11) is -4.70. The Balaban J connectivity index is 0.00000264. The van der Waals surface area contributed by atoms with Gasteiger partial charge in [-0.05, 0) is 31.3 Å². The maximum Gasteiger partial charge on any atom is 0.246 e. The molecule has 2 N–H and O–H groups in total. The number of hydrogen-bond acceptors (Lipinski definition) is 3. The molecule has 23 heavy (non-hydrogen) atoms. The molecule has 132 valence electrons. The first-order valence-corrected chi connectivity index (χ1v) is 8.18. The Morgan fingerprint density at radius 3 is 2.09 bits per heavy atom. The van der Waals surface area contributed by atoms with Gasteiger partial charge in [-0.1, -0.05) is 6.92 Å². The first kappa shape index (κ1) is 20.1. The summed E-state index contributed by atoms with van der Waals surface area (Å²) < 4.78 is 79.6. The van der Waals surface area contributed by atoms with Gasteiger partial charge in [0.1, 0.15) is 0 Å². The molecule has 0 aromatic heterocycles. The lowest BCUT2D eigenvalue weighted by atomic mass is 9.81. The number of halogens is 5. The van der Waals surface area contributed by atoms with Crippen LogP contribution in [-0.2, 0) is 10.0 Å². The van der Waals surface area contributed by atoms with E-state index in [2.05, 4.69) is 10.0 Å². The van der Waals surface area contributed by atoms with Gasteiger partial charge in [0.25, 0.3) is 0 Å². The zero-order chi connectivity index (χ0) is 16.5. The van der Waals surface area contributed by atoms with Crippen molar-refractivity contribution in [3.05, 3.63) is 29.3 Å². The summed E-state index contributed by atoms with van der Waals surface area (Å²) in [5.74, 6) is -7.37. The van der Waals surface area contributed by atoms with E-state index < -0.39 is 43.6 Å². The fourth-order valence-electron chi connectivity index (χ4n) is 2.34. The fourth-order valence-corrected chi connectivity index (χ4v) is 3.69. The van der Waals surface area contributed by atoms with Crippen molar-refractivity contribution in [1.29, 1.82) is 0 Å². The zero-order valence-corrected chi connectivity index (χ0v) is 13.9. The van der Waals surface area contributed by atoms with E-state index in [1.165, 1.54) is 0 Å². The molecule has 0 amide bonds. The SMILES string of the molecule is CC1(CNS(=O)(=O)c2c(F)c(F)cc(F)c2F)CCNCC1.Cl. The van der Waals surface area contributed by atoms with Gasteiger partial charge in [-0.15, -0.1) is 12.4 Å². The van der Waals surface area contributed by atoms with Crippen molar-refractivity contribution in [2.24, 2.45) is 5.41 Å². The molecule has 10 heteroatoms. The van der Waals surface area contributed by atoms with E-state index in [1.807, 2.05) is 6.92 Å². The third-order valence-electron chi connectivity index (χ3n) is 3.84. The van der Waals surface area contributed by atoms with Crippen molar-refractivity contribution in [1.82, 2.24) is 10.0 Å². The Hall–Kier alpha value is -0.900. The van der Waals surface area contributed by atoms with Gasteiger partial charge in [0.05, 0.1) is 0 Å². The van der Waals surface area contributed by atoms with Gasteiger partial charge in [-0.25, -0.2) is 30.7 Å². The van der Waals surface area contributed by atoms with Crippen LogP contribution >= 0.6 is 12.4 Å². The van der Waals surface area contributed by atoms with E-state index in [-0.39, 0.29) is 25.0 Å². The van der Waals surface area contributed by atoms with Crippen LogP contribution in [0.2, 0.25) is 0 Å². The van der Waals surface area contributed by atoms with Crippen molar-refractivity contribution in [3.8, 4) is 0 Å². The average Bonchev–Trinajstić information content (AvgIpc) is 2.44. The third kappa shape index (κ3) is 4.34. The molecular weight excluding hydrogens is 360 g/mol. The molecule has 0 atom stereocenters. The van der Waals surface area contributed by atoms with Crippen LogP contribution in [0.25, 0.3) is 0 Å². The molecule has 1 aromatic rings. The molecule has 0 radical (unpaired) electrons. The molecule has 0 spiro atoms. The van der Waals surface area contributed by atoms with E-state index in [1.54, 1.807) is 0 Å². The third-order valence-corrected chi connectivity index (χ3v) is 5.26. The lowest BCUT2D eigenvalue weighted by molar-refractivity contribution is 0.232. The van der Waals surface area contributed by atoms with Gasteiger partial charge in [-0.2, -0.15) is 0 Å². The first-order chi connectivity index (χ1) is 10.2. The van der Waals surface area contributed by atoms with E-state index in [0.717, 1.165) is 0 Å². The average molecular weight is 377 g/mol. The standard InChI is InChI=1S/C13H16F4N2O2S.ClH/c1-13(2-4-18-5-3-13)7-19-22(20,21)12-10(16)8(14)6-9(15)11(12)17;/h6,18-19H,2-5,7H2,1H3;1H. The number of piperidine rings is 1. The predicted molar refractivity (Wildman–Crippen MR) is 78.9 cm³/mol. The van der Waals surface area contributed by atoms with Crippen LogP contribution in [0.15, 0.2) is 11.0 Å². The molecule has 1 saturated heterocycles. The molecule has 0 unspecified atom stereocenters. The fraction of sp³-hybridized carbons (Fsp3) is 0.538. The number of sulfonamides is 1. The zero-order valence-electron chi connectivity index (χ0n) is 12.3. The van der Waals surface area contributed by atoms with Gasteiger partial charge in [-0.3, -0.25) is 0 Å². The van der Waals surface area contributed by atoms with Crippen LogP contribution in [0.5, 0.6) is 0 Å². The molecule has 0 bridgehead atoms. The largest absolute Gasteiger partial charge is 0.317 e. The number of nitrogens with one attached hydrogen (secondary N) is 2. The predicted octanol–water partition coefficient (Wildman–Crippen LogP) is 2.33. The molecule has 4 nitrogen and oxygen atoms in total. The molecule has 1 heterocycles. The molecule has 1 fully saturated rings. The second-order valence-corrected chi connectivity index (χ2v) is 7.39. The molecule has 1 aromatic carbocycles. The highest BCUT2D eigenvalue weighted by Crippen LogP contribution is 2.28. The Kier molecular flexibility index (Phi) is 6.42. The highest BCUT2D eigenvalue weighted by atomic mass is 35.5. The van der Waals surface area contributed by atoms with Gasteiger partial charge in [0.15, 0.2) is 28.2 Å². The van der Waals surface area contributed by atoms with Crippen molar-refractivity contribution >= 4 is 22.4 Å². The van der Waals surface area contributed by atoms with E-state index in [9.17, 15) is 26.0 Å². The molecule has 2 rings (SSSR count). The number of hydrogen-bond donors (Lipinski definition) is 2. The summed E-state index contributed by atoms with van der Waals surface area (Å²) in [4.78, 5) is -1.62.